The van der Waals surface area contributed by atoms with E-state index in [0.717, 1.165) is 25.7 Å². The van der Waals surface area contributed by atoms with E-state index in [4.69, 9.17) is 11.5 Å². The molecule has 2 unspecified atom stereocenters. The Kier molecular flexibility index (Phi) is 18.3. The molecule has 0 saturated heterocycles. The average molecular weight is 399 g/mol. The van der Waals surface area contributed by atoms with Gasteiger partial charge in [0, 0.05) is 6.54 Å². The van der Waals surface area contributed by atoms with Gasteiger partial charge in [0.05, 0.1) is 17.7 Å². The predicted octanol–water partition coefficient (Wildman–Crippen LogP) is 5.20. The first kappa shape index (κ1) is 27.6. The van der Waals surface area contributed by atoms with Crippen molar-refractivity contribution in [2.24, 2.45) is 11.5 Å². The standard InChI is InChI=1S/C24H50N2O2/c1-3-5-7-9-11-13-15-18-22(27)24(26,20-17-21-25)23(28)19-16-14-12-10-8-6-4-2/h17,20,22-23,27-28H,3-16,18-19,21,25-26H2,1-2H3. The first-order valence-electron chi connectivity index (χ1n) is 12.1. The summed E-state index contributed by atoms with van der Waals surface area (Å²) in [5, 5.41) is 21.5. The van der Waals surface area contributed by atoms with Crippen LogP contribution in [0, 0.1) is 0 Å². The lowest BCUT2D eigenvalue weighted by Crippen LogP contribution is -2.58. The van der Waals surface area contributed by atoms with Crippen LogP contribution in [0.3, 0.4) is 0 Å². The van der Waals surface area contributed by atoms with Crippen molar-refractivity contribution in [1.29, 1.82) is 0 Å². The Bertz CT molecular complexity index is 337. The van der Waals surface area contributed by atoms with Crippen molar-refractivity contribution in [3.05, 3.63) is 12.2 Å². The molecule has 0 aromatic carbocycles. The predicted molar refractivity (Wildman–Crippen MR) is 122 cm³/mol. The van der Waals surface area contributed by atoms with Gasteiger partial charge in [-0.05, 0) is 12.8 Å². The molecule has 168 valence electrons. The molecule has 6 N–H and O–H groups in total. The van der Waals surface area contributed by atoms with Gasteiger partial charge in [-0.2, -0.15) is 0 Å². The smallest absolute Gasteiger partial charge is 0.0866 e. The highest BCUT2D eigenvalue weighted by atomic mass is 16.3. The van der Waals surface area contributed by atoms with Gasteiger partial charge in [0.2, 0.25) is 0 Å². The molecule has 2 atom stereocenters. The second kappa shape index (κ2) is 18.6. The van der Waals surface area contributed by atoms with Crippen LogP contribution in [-0.4, -0.2) is 34.5 Å². The summed E-state index contributed by atoms with van der Waals surface area (Å²) >= 11 is 0. The van der Waals surface area contributed by atoms with Gasteiger partial charge in [-0.3, -0.25) is 0 Å². The van der Waals surface area contributed by atoms with Crippen LogP contribution in [0.15, 0.2) is 12.2 Å². The van der Waals surface area contributed by atoms with Gasteiger partial charge in [0.15, 0.2) is 0 Å². The summed E-state index contributed by atoms with van der Waals surface area (Å²) in [4.78, 5) is 0. The molecule has 0 aliphatic rings. The summed E-state index contributed by atoms with van der Waals surface area (Å²) in [7, 11) is 0. The Morgan fingerprint density at radius 2 is 1.04 bits per heavy atom. The minimum atomic E-state index is -1.09. The van der Waals surface area contributed by atoms with Gasteiger partial charge in [-0.25, -0.2) is 0 Å². The number of nitrogens with two attached hydrogens (primary N) is 2. The van der Waals surface area contributed by atoms with Crippen LogP contribution in [0.2, 0.25) is 0 Å². The average Bonchev–Trinajstić information content (AvgIpc) is 2.70. The zero-order valence-electron chi connectivity index (χ0n) is 18.9. The molecule has 0 amide bonds. The van der Waals surface area contributed by atoms with Crippen molar-refractivity contribution in [2.75, 3.05) is 6.54 Å². The fourth-order valence-corrected chi connectivity index (χ4v) is 3.81. The second-order valence-corrected chi connectivity index (χ2v) is 8.49. The van der Waals surface area contributed by atoms with Crippen LogP contribution in [0.4, 0.5) is 0 Å². The summed E-state index contributed by atoms with van der Waals surface area (Å²) in [6.45, 7) is 4.82. The molecule has 0 radical (unpaired) electrons. The van der Waals surface area contributed by atoms with Crippen LogP contribution in [0.1, 0.15) is 117 Å². The van der Waals surface area contributed by atoms with Gasteiger partial charge in [0.25, 0.3) is 0 Å². The summed E-state index contributed by atoms with van der Waals surface area (Å²) in [6.07, 6.45) is 20.2. The topological polar surface area (TPSA) is 92.5 Å². The summed E-state index contributed by atoms with van der Waals surface area (Å²) in [6, 6.07) is 0. The molecule has 0 aromatic rings. The molecule has 0 rings (SSSR count). The van der Waals surface area contributed by atoms with Crippen molar-refractivity contribution < 1.29 is 10.2 Å². The van der Waals surface area contributed by atoms with Crippen molar-refractivity contribution in [2.45, 2.75) is 134 Å². The van der Waals surface area contributed by atoms with E-state index in [-0.39, 0.29) is 0 Å². The van der Waals surface area contributed by atoms with Gasteiger partial charge in [0.1, 0.15) is 0 Å². The highest BCUT2D eigenvalue weighted by Crippen LogP contribution is 2.24. The van der Waals surface area contributed by atoms with Crippen LogP contribution >= 0.6 is 0 Å². The Morgan fingerprint density at radius 3 is 1.39 bits per heavy atom. The normalized spacial score (nSPS) is 16.4. The van der Waals surface area contributed by atoms with E-state index in [1.165, 1.54) is 64.2 Å². The molecule has 0 fully saturated rings. The lowest BCUT2D eigenvalue weighted by Gasteiger charge is -2.36. The van der Waals surface area contributed by atoms with Crippen molar-refractivity contribution in [3.8, 4) is 0 Å². The molecule has 4 nitrogen and oxygen atoms in total. The molecular formula is C24H50N2O2. The van der Waals surface area contributed by atoms with Gasteiger partial charge < -0.3 is 21.7 Å². The molecule has 4 heteroatoms. The largest absolute Gasteiger partial charge is 0.391 e. The zero-order valence-corrected chi connectivity index (χ0v) is 18.9. The first-order chi connectivity index (χ1) is 13.5. The van der Waals surface area contributed by atoms with E-state index < -0.39 is 17.7 Å². The van der Waals surface area contributed by atoms with Crippen LogP contribution in [0.5, 0.6) is 0 Å². The maximum absolute atomic E-state index is 10.7. The number of aliphatic hydroxyl groups excluding tert-OH is 2. The minimum absolute atomic E-state index is 0.368. The number of aliphatic hydroxyl groups is 2. The monoisotopic (exact) mass is 398 g/mol. The Hall–Kier alpha value is -0.420. The molecule has 0 heterocycles. The lowest BCUT2D eigenvalue weighted by molar-refractivity contribution is 0.00502. The van der Waals surface area contributed by atoms with Crippen molar-refractivity contribution in [1.82, 2.24) is 0 Å². The Balaban J connectivity index is 4.30. The molecule has 0 aliphatic carbocycles. The highest BCUT2D eigenvalue weighted by molar-refractivity contribution is 5.13. The minimum Gasteiger partial charge on any atom is -0.391 e. The van der Waals surface area contributed by atoms with Crippen molar-refractivity contribution in [3.63, 3.8) is 0 Å². The number of unbranched alkanes of at least 4 members (excludes halogenated alkanes) is 12. The van der Waals surface area contributed by atoms with Crippen LogP contribution < -0.4 is 11.5 Å². The van der Waals surface area contributed by atoms with E-state index in [1.54, 1.807) is 12.2 Å². The quantitative estimate of drug-likeness (QED) is 0.167. The third-order valence-corrected chi connectivity index (χ3v) is 5.86. The molecule has 0 saturated carbocycles. The molecule has 0 spiro atoms. The molecule has 0 aromatic heterocycles. The fourth-order valence-electron chi connectivity index (χ4n) is 3.81. The molecule has 0 aliphatic heterocycles. The van der Waals surface area contributed by atoms with Crippen molar-refractivity contribution >= 4 is 0 Å². The molecule has 0 bridgehead atoms. The summed E-state index contributed by atoms with van der Waals surface area (Å²) in [5.41, 5.74) is 11.0. The number of hydrogen-bond acceptors (Lipinski definition) is 4. The highest BCUT2D eigenvalue weighted by Gasteiger charge is 2.37. The Morgan fingerprint density at radius 1 is 0.679 bits per heavy atom. The number of rotatable bonds is 20. The molecule has 28 heavy (non-hydrogen) atoms. The Labute approximate surface area is 175 Å². The first-order valence-corrected chi connectivity index (χ1v) is 12.1. The van der Waals surface area contributed by atoms with E-state index in [0.29, 0.717) is 19.4 Å². The van der Waals surface area contributed by atoms with E-state index in [2.05, 4.69) is 13.8 Å². The number of hydrogen-bond donors (Lipinski definition) is 4. The lowest BCUT2D eigenvalue weighted by atomic mass is 9.81. The third-order valence-electron chi connectivity index (χ3n) is 5.86. The van der Waals surface area contributed by atoms with Crippen LogP contribution in [-0.2, 0) is 0 Å². The van der Waals surface area contributed by atoms with Crippen LogP contribution in [0.25, 0.3) is 0 Å². The van der Waals surface area contributed by atoms with Gasteiger partial charge >= 0.3 is 0 Å². The molecular weight excluding hydrogens is 348 g/mol. The summed E-state index contributed by atoms with van der Waals surface area (Å²) in [5.74, 6) is 0. The van der Waals surface area contributed by atoms with E-state index >= 15 is 0 Å². The zero-order chi connectivity index (χ0) is 21.1. The van der Waals surface area contributed by atoms with Gasteiger partial charge in [-0.15, -0.1) is 0 Å². The maximum atomic E-state index is 10.7. The fraction of sp³-hybridized carbons (Fsp3) is 0.917. The maximum Gasteiger partial charge on any atom is 0.0866 e. The second-order valence-electron chi connectivity index (χ2n) is 8.49. The SMILES string of the molecule is CCCCCCCCCC(O)C(N)(C=CCN)C(O)CCCCCCCCC. The third kappa shape index (κ3) is 12.9. The van der Waals surface area contributed by atoms with Gasteiger partial charge in [-0.1, -0.05) is 116 Å². The van der Waals surface area contributed by atoms with E-state index in [9.17, 15) is 10.2 Å². The van der Waals surface area contributed by atoms with E-state index in [1.807, 2.05) is 0 Å². The summed E-state index contributed by atoms with van der Waals surface area (Å²) < 4.78 is 0.